The molecule has 3 nitrogen and oxygen atoms in total. The van der Waals surface area contributed by atoms with Gasteiger partial charge in [-0.2, -0.15) is 0 Å². The molecular formula is C8H15ClN2O. The lowest BCUT2D eigenvalue weighted by Crippen LogP contribution is -2.46. The topological polar surface area (TPSA) is 32.3 Å². The van der Waals surface area contributed by atoms with Crippen LogP contribution in [0.5, 0.6) is 0 Å². The number of halogens is 1. The van der Waals surface area contributed by atoms with Gasteiger partial charge in [0.2, 0.25) is 0 Å². The van der Waals surface area contributed by atoms with E-state index in [9.17, 15) is 4.79 Å². The molecule has 1 saturated carbocycles. The van der Waals surface area contributed by atoms with Gasteiger partial charge in [-0.25, -0.2) is 5.43 Å². The molecule has 4 heteroatoms. The zero-order valence-electron chi connectivity index (χ0n) is 7.35. The van der Waals surface area contributed by atoms with Crippen LogP contribution in [0.15, 0.2) is 0 Å². The quantitative estimate of drug-likeness (QED) is 0.411. The van der Waals surface area contributed by atoms with Crippen LogP contribution in [0.1, 0.15) is 32.1 Å². The van der Waals surface area contributed by atoms with E-state index >= 15 is 0 Å². The van der Waals surface area contributed by atoms with Crippen molar-refractivity contribution >= 4 is 17.0 Å². The molecule has 1 amide bonds. The Bertz CT molecular complexity index is 157. The summed E-state index contributed by atoms with van der Waals surface area (Å²) in [7, 11) is 1.73. The molecule has 1 aliphatic carbocycles. The molecule has 0 aliphatic heterocycles. The van der Waals surface area contributed by atoms with Crippen molar-refractivity contribution in [3.63, 3.8) is 0 Å². The SMILES string of the molecule is CNN(C(=O)Cl)C1CCCCC1. The molecule has 70 valence electrons. The smallest absolute Gasteiger partial charge is 0.262 e. The van der Waals surface area contributed by atoms with Crippen molar-refractivity contribution in [2.45, 2.75) is 38.1 Å². The largest absolute Gasteiger partial charge is 0.330 e. The van der Waals surface area contributed by atoms with Crippen LogP contribution in [0.25, 0.3) is 0 Å². The molecule has 1 rings (SSSR count). The van der Waals surface area contributed by atoms with Gasteiger partial charge in [0.05, 0.1) is 0 Å². The summed E-state index contributed by atoms with van der Waals surface area (Å²) in [4.78, 5) is 10.9. The number of carbonyl (C=O) groups excluding carboxylic acids is 1. The van der Waals surface area contributed by atoms with Crippen LogP contribution in [0, 0.1) is 0 Å². The Balaban J connectivity index is 2.46. The highest BCUT2D eigenvalue weighted by Crippen LogP contribution is 2.21. The van der Waals surface area contributed by atoms with E-state index in [1.54, 1.807) is 7.05 Å². The molecule has 0 heterocycles. The standard InChI is InChI=1S/C8H15ClN2O/c1-10-11(8(9)12)7-5-3-2-4-6-7/h7,10H,2-6H2,1H3. The summed E-state index contributed by atoms with van der Waals surface area (Å²) in [6.45, 7) is 0. The second kappa shape index (κ2) is 4.67. The van der Waals surface area contributed by atoms with Crippen LogP contribution in [0.3, 0.4) is 0 Å². The van der Waals surface area contributed by atoms with Crippen LogP contribution < -0.4 is 5.43 Å². The van der Waals surface area contributed by atoms with E-state index in [1.165, 1.54) is 24.3 Å². The maximum atomic E-state index is 10.9. The minimum atomic E-state index is -0.399. The van der Waals surface area contributed by atoms with E-state index in [0.29, 0.717) is 6.04 Å². The maximum Gasteiger partial charge on any atom is 0.330 e. The van der Waals surface area contributed by atoms with Gasteiger partial charge in [0, 0.05) is 13.1 Å². The average Bonchev–Trinajstić information content (AvgIpc) is 2.07. The highest BCUT2D eigenvalue weighted by molar-refractivity contribution is 6.62. The van der Waals surface area contributed by atoms with E-state index in [2.05, 4.69) is 5.43 Å². The Morgan fingerprint density at radius 1 is 1.42 bits per heavy atom. The van der Waals surface area contributed by atoms with Crippen LogP contribution in [0.2, 0.25) is 0 Å². The van der Waals surface area contributed by atoms with Crippen molar-refractivity contribution in [3.05, 3.63) is 0 Å². The van der Waals surface area contributed by atoms with E-state index in [0.717, 1.165) is 12.8 Å². The Kier molecular flexibility index (Phi) is 3.82. The molecule has 12 heavy (non-hydrogen) atoms. The number of nitrogens with one attached hydrogen (secondary N) is 1. The molecule has 0 spiro atoms. The highest BCUT2D eigenvalue weighted by Gasteiger charge is 2.22. The fourth-order valence-electron chi connectivity index (χ4n) is 1.75. The first-order valence-electron chi connectivity index (χ1n) is 4.42. The lowest BCUT2D eigenvalue weighted by molar-refractivity contribution is 0.145. The second-order valence-electron chi connectivity index (χ2n) is 3.14. The summed E-state index contributed by atoms with van der Waals surface area (Å²) in [5.41, 5.74) is 2.82. The maximum absolute atomic E-state index is 10.9. The fraction of sp³-hybridized carbons (Fsp3) is 0.875. The number of amides is 1. The molecule has 0 saturated heterocycles. The molecule has 0 atom stereocenters. The van der Waals surface area contributed by atoms with E-state index < -0.39 is 5.37 Å². The minimum absolute atomic E-state index is 0.300. The summed E-state index contributed by atoms with van der Waals surface area (Å²) in [6.07, 6.45) is 5.82. The van der Waals surface area contributed by atoms with Gasteiger partial charge in [-0.1, -0.05) is 19.3 Å². The first kappa shape index (κ1) is 9.81. The van der Waals surface area contributed by atoms with E-state index in [4.69, 9.17) is 11.6 Å². The molecule has 0 unspecified atom stereocenters. The van der Waals surface area contributed by atoms with Gasteiger partial charge in [-0.05, 0) is 24.4 Å². The van der Waals surface area contributed by atoms with Crippen molar-refractivity contribution in [1.29, 1.82) is 0 Å². The van der Waals surface area contributed by atoms with E-state index in [-0.39, 0.29) is 0 Å². The molecular weight excluding hydrogens is 176 g/mol. The molecule has 0 aromatic rings. The Morgan fingerprint density at radius 2 is 2.00 bits per heavy atom. The number of rotatable bonds is 2. The first-order chi connectivity index (χ1) is 5.75. The normalized spacial score (nSPS) is 19.2. The summed E-state index contributed by atoms with van der Waals surface area (Å²) in [5.74, 6) is 0. The summed E-state index contributed by atoms with van der Waals surface area (Å²) < 4.78 is 0. The van der Waals surface area contributed by atoms with Crippen molar-refractivity contribution in [2.24, 2.45) is 0 Å². The van der Waals surface area contributed by atoms with Gasteiger partial charge in [0.25, 0.3) is 0 Å². The molecule has 1 aliphatic rings. The Morgan fingerprint density at radius 3 is 2.42 bits per heavy atom. The number of nitrogens with zero attached hydrogens (tertiary/aromatic N) is 1. The van der Waals surface area contributed by atoms with Crippen LogP contribution in [0.4, 0.5) is 4.79 Å². The zero-order chi connectivity index (χ0) is 8.97. The molecule has 1 N–H and O–H groups in total. The Hall–Kier alpha value is -0.280. The van der Waals surface area contributed by atoms with Gasteiger partial charge < -0.3 is 0 Å². The molecule has 0 aromatic heterocycles. The van der Waals surface area contributed by atoms with Crippen LogP contribution in [-0.4, -0.2) is 23.5 Å². The molecule has 0 aromatic carbocycles. The van der Waals surface area contributed by atoms with Gasteiger partial charge in [-0.3, -0.25) is 9.80 Å². The lowest BCUT2D eigenvalue weighted by atomic mass is 9.95. The third-order valence-electron chi connectivity index (χ3n) is 2.37. The number of hydrogen-bond donors (Lipinski definition) is 1. The van der Waals surface area contributed by atoms with Gasteiger partial charge in [-0.15, -0.1) is 0 Å². The minimum Gasteiger partial charge on any atom is -0.262 e. The van der Waals surface area contributed by atoms with Crippen molar-refractivity contribution in [3.8, 4) is 0 Å². The number of carbonyl (C=O) groups is 1. The first-order valence-corrected chi connectivity index (χ1v) is 4.79. The third-order valence-corrected chi connectivity index (χ3v) is 2.55. The van der Waals surface area contributed by atoms with Gasteiger partial charge >= 0.3 is 5.37 Å². The second-order valence-corrected chi connectivity index (χ2v) is 3.46. The van der Waals surface area contributed by atoms with E-state index in [1.807, 2.05) is 0 Å². The Labute approximate surface area is 78.0 Å². The summed E-state index contributed by atoms with van der Waals surface area (Å²) in [5, 5.41) is 1.13. The molecule has 0 bridgehead atoms. The highest BCUT2D eigenvalue weighted by atomic mass is 35.5. The number of hydrazine groups is 1. The molecule has 1 fully saturated rings. The monoisotopic (exact) mass is 190 g/mol. The predicted molar refractivity (Wildman–Crippen MR) is 49.0 cm³/mol. The van der Waals surface area contributed by atoms with Crippen molar-refractivity contribution in [1.82, 2.24) is 10.4 Å². The molecule has 0 radical (unpaired) electrons. The summed E-state index contributed by atoms with van der Waals surface area (Å²) >= 11 is 5.40. The predicted octanol–water partition coefficient (Wildman–Crippen LogP) is 2.11. The van der Waals surface area contributed by atoms with Crippen LogP contribution in [-0.2, 0) is 0 Å². The van der Waals surface area contributed by atoms with Crippen molar-refractivity contribution < 1.29 is 4.79 Å². The van der Waals surface area contributed by atoms with Gasteiger partial charge in [0.1, 0.15) is 0 Å². The number of hydrogen-bond acceptors (Lipinski definition) is 2. The summed E-state index contributed by atoms with van der Waals surface area (Å²) in [6, 6.07) is 0.300. The average molecular weight is 191 g/mol. The van der Waals surface area contributed by atoms with Gasteiger partial charge in [0.15, 0.2) is 0 Å². The van der Waals surface area contributed by atoms with Crippen molar-refractivity contribution in [2.75, 3.05) is 7.05 Å². The van der Waals surface area contributed by atoms with Crippen LogP contribution >= 0.6 is 11.6 Å². The fourth-order valence-corrected chi connectivity index (χ4v) is 1.98. The zero-order valence-corrected chi connectivity index (χ0v) is 8.10. The lowest BCUT2D eigenvalue weighted by Gasteiger charge is -2.31. The third kappa shape index (κ3) is 2.35.